The maximum absolute atomic E-state index is 12.9. The van der Waals surface area contributed by atoms with Gasteiger partial charge in [-0.25, -0.2) is 9.59 Å². The van der Waals surface area contributed by atoms with Crippen molar-refractivity contribution in [1.82, 2.24) is 10.2 Å². The third-order valence-corrected chi connectivity index (χ3v) is 5.19. The van der Waals surface area contributed by atoms with Crippen LogP contribution < -0.4 is 5.32 Å². The molecule has 2 atom stereocenters. The number of esters is 1. The van der Waals surface area contributed by atoms with Crippen LogP contribution in [0.5, 0.6) is 0 Å². The summed E-state index contributed by atoms with van der Waals surface area (Å²) in [5, 5.41) is 2.90. The quantitative estimate of drug-likeness (QED) is 0.677. The van der Waals surface area contributed by atoms with Crippen molar-refractivity contribution in [3.05, 3.63) is 23.2 Å². The number of carbonyl (C=O) groups is 3. The number of imide groups is 1. The Bertz CT molecular complexity index is 695. The van der Waals surface area contributed by atoms with Crippen molar-refractivity contribution in [2.45, 2.75) is 51.6 Å². The number of methoxy groups -OCH3 is 1. The van der Waals surface area contributed by atoms with Gasteiger partial charge in [-0.3, -0.25) is 9.69 Å². The Labute approximate surface area is 140 Å². The van der Waals surface area contributed by atoms with E-state index < -0.39 is 17.5 Å². The smallest absolute Gasteiger partial charge is 0.341 e. The van der Waals surface area contributed by atoms with Gasteiger partial charge in [0.2, 0.25) is 0 Å². The van der Waals surface area contributed by atoms with E-state index in [0.717, 1.165) is 19.3 Å². The molecule has 3 amide bonds. The molecule has 1 aliphatic carbocycles. The van der Waals surface area contributed by atoms with Crippen molar-refractivity contribution in [3.63, 3.8) is 0 Å². The van der Waals surface area contributed by atoms with E-state index in [1.807, 2.05) is 6.92 Å². The first-order valence-electron chi connectivity index (χ1n) is 8.21. The molecule has 7 heteroatoms. The van der Waals surface area contributed by atoms with Crippen LogP contribution in [0.2, 0.25) is 0 Å². The van der Waals surface area contributed by atoms with Crippen LogP contribution >= 0.6 is 0 Å². The second-order valence-corrected chi connectivity index (χ2v) is 6.61. The zero-order chi connectivity index (χ0) is 17.5. The molecular formula is C17H22N2O5. The van der Waals surface area contributed by atoms with Gasteiger partial charge in [0.15, 0.2) is 0 Å². The lowest BCUT2D eigenvalue weighted by Gasteiger charge is -2.36. The number of aryl methyl sites for hydroxylation is 1. The van der Waals surface area contributed by atoms with Crippen molar-refractivity contribution < 1.29 is 23.5 Å². The zero-order valence-corrected chi connectivity index (χ0v) is 14.2. The van der Waals surface area contributed by atoms with Gasteiger partial charge in [0.05, 0.1) is 13.7 Å². The number of urea groups is 1. The number of ether oxygens (including phenoxy) is 1. The fraction of sp³-hybridized carbons (Fsp3) is 0.588. The summed E-state index contributed by atoms with van der Waals surface area (Å²) in [6.45, 7) is 3.66. The van der Waals surface area contributed by atoms with Gasteiger partial charge in [-0.05, 0) is 31.7 Å². The maximum atomic E-state index is 12.9. The number of carbonyl (C=O) groups excluding carboxylic acids is 3. The number of furan rings is 1. The van der Waals surface area contributed by atoms with Crippen molar-refractivity contribution in [1.29, 1.82) is 0 Å². The minimum Gasteiger partial charge on any atom is -0.465 e. The average molecular weight is 334 g/mol. The van der Waals surface area contributed by atoms with Gasteiger partial charge in [0, 0.05) is 0 Å². The van der Waals surface area contributed by atoms with E-state index in [2.05, 4.69) is 10.1 Å². The second-order valence-electron chi connectivity index (χ2n) is 6.61. The van der Waals surface area contributed by atoms with E-state index in [0.29, 0.717) is 23.5 Å². The van der Waals surface area contributed by atoms with Crippen LogP contribution in [-0.4, -0.2) is 35.5 Å². The largest absolute Gasteiger partial charge is 0.465 e. The van der Waals surface area contributed by atoms with E-state index in [1.165, 1.54) is 18.1 Å². The topological polar surface area (TPSA) is 88.9 Å². The third-order valence-electron chi connectivity index (χ3n) is 5.19. The van der Waals surface area contributed by atoms with Gasteiger partial charge in [0.1, 0.15) is 22.6 Å². The molecule has 7 nitrogen and oxygen atoms in total. The fourth-order valence-corrected chi connectivity index (χ4v) is 3.73. The number of rotatable bonds is 3. The minimum atomic E-state index is -0.790. The van der Waals surface area contributed by atoms with E-state index in [1.54, 1.807) is 6.92 Å². The molecule has 2 heterocycles. The van der Waals surface area contributed by atoms with Gasteiger partial charge >= 0.3 is 12.0 Å². The molecule has 3 rings (SSSR count). The van der Waals surface area contributed by atoms with Gasteiger partial charge in [-0.15, -0.1) is 0 Å². The predicted molar refractivity (Wildman–Crippen MR) is 84.2 cm³/mol. The third kappa shape index (κ3) is 2.48. The molecule has 2 fully saturated rings. The van der Waals surface area contributed by atoms with Crippen molar-refractivity contribution in [3.8, 4) is 0 Å². The Morgan fingerprint density at radius 1 is 1.46 bits per heavy atom. The molecule has 1 aromatic rings. The number of amides is 3. The Morgan fingerprint density at radius 2 is 2.21 bits per heavy atom. The molecule has 130 valence electrons. The number of nitrogens with zero attached hydrogens (tertiary/aromatic N) is 1. The standard InChI is InChI=1S/C17H22N2O5/c1-10-6-4-5-7-17(10)15(21)19(16(22)18-17)9-12-8-13(11(2)24-12)14(20)23-3/h8,10H,4-7,9H2,1-3H3,(H,18,22)/t10-,17-/m1/s1. The van der Waals surface area contributed by atoms with Crippen LogP contribution in [0.4, 0.5) is 4.79 Å². The molecule has 2 aliphatic rings. The molecule has 0 aromatic carbocycles. The summed E-state index contributed by atoms with van der Waals surface area (Å²) in [4.78, 5) is 38.1. The summed E-state index contributed by atoms with van der Waals surface area (Å²) >= 11 is 0. The van der Waals surface area contributed by atoms with Gasteiger partial charge in [0.25, 0.3) is 5.91 Å². The lowest BCUT2D eigenvalue weighted by molar-refractivity contribution is -0.134. The summed E-state index contributed by atoms with van der Waals surface area (Å²) in [6, 6.07) is 1.12. The van der Waals surface area contributed by atoms with Crippen molar-refractivity contribution >= 4 is 17.9 Å². The zero-order valence-electron chi connectivity index (χ0n) is 14.2. The van der Waals surface area contributed by atoms with Gasteiger partial charge in [-0.1, -0.05) is 19.8 Å². The second kappa shape index (κ2) is 5.96. The monoisotopic (exact) mass is 334 g/mol. The first kappa shape index (κ1) is 16.5. The first-order chi connectivity index (χ1) is 11.4. The highest BCUT2D eigenvalue weighted by molar-refractivity contribution is 6.07. The Kier molecular flexibility index (Phi) is 4.11. The maximum Gasteiger partial charge on any atom is 0.341 e. The van der Waals surface area contributed by atoms with E-state index in [-0.39, 0.29) is 18.4 Å². The predicted octanol–water partition coefficient (Wildman–Crippen LogP) is 2.38. The lowest BCUT2D eigenvalue weighted by Crippen LogP contribution is -2.53. The van der Waals surface area contributed by atoms with Crippen LogP contribution in [-0.2, 0) is 16.1 Å². The Balaban J connectivity index is 1.82. The molecule has 1 saturated heterocycles. The molecule has 1 aliphatic heterocycles. The Morgan fingerprint density at radius 3 is 2.88 bits per heavy atom. The van der Waals surface area contributed by atoms with Gasteiger partial charge in [-0.2, -0.15) is 0 Å². The van der Waals surface area contributed by atoms with Gasteiger partial charge < -0.3 is 14.5 Å². The van der Waals surface area contributed by atoms with E-state index in [9.17, 15) is 14.4 Å². The molecule has 1 spiro atoms. The molecule has 24 heavy (non-hydrogen) atoms. The molecule has 1 aromatic heterocycles. The van der Waals surface area contributed by atoms with Crippen molar-refractivity contribution in [2.24, 2.45) is 5.92 Å². The molecule has 1 N–H and O–H groups in total. The highest BCUT2D eigenvalue weighted by Gasteiger charge is 2.54. The summed E-state index contributed by atoms with van der Waals surface area (Å²) in [5.74, 6) is 0.198. The summed E-state index contributed by atoms with van der Waals surface area (Å²) in [7, 11) is 1.29. The first-order valence-corrected chi connectivity index (χ1v) is 8.21. The molecular weight excluding hydrogens is 312 g/mol. The highest BCUT2D eigenvalue weighted by atomic mass is 16.5. The highest BCUT2D eigenvalue weighted by Crippen LogP contribution is 2.38. The average Bonchev–Trinajstić information content (AvgIpc) is 3.03. The lowest BCUT2D eigenvalue weighted by atomic mass is 9.73. The normalized spacial score (nSPS) is 26.8. The van der Waals surface area contributed by atoms with Crippen molar-refractivity contribution in [2.75, 3.05) is 7.11 Å². The molecule has 0 bridgehead atoms. The molecule has 0 radical (unpaired) electrons. The molecule has 0 unspecified atom stereocenters. The van der Waals surface area contributed by atoms with Crippen LogP contribution in [0.15, 0.2) is 10.5 Å². The van der Waals surface area contributed by atoms with E-state index >= 15 is 0 Å². The van der Waals surface area contributed by atoms with E-state index in [4.69, 9.17) is 4.42 Å². The SMILES string of the molecule is COC(=O)c1cc(CN2C(=O)N[C@@]3(CCCC[C@H]3C)C2=O)oc1C. The number of hydrogen-bond acceptors (Lipinski definition) is 5. The summed E-state index contributed by atoms with van der Waals surface area (Å²) in [6.07, 6.45) is 3.59. The summed E-state index contributed by atoms with van der Waals surface area (Å²) in [5.41, 5.74) is -0.484. The number of hydrogen-bond donors (Lipinski definition) is 1. The van der Waals surface area contributed by atoms with Crippen LogP contribution in [0.25, 0.3) is 0 Å². The van der Waals surface area contributed by atoms with Crippen LogP contribution in [0.1, 0.15) is 54.5 Å². The molecule has 1 saturated carbocycles. The Hall–Kier alpha value is -2.31. The fourth-order valence-electron chi connectivity index (χ4n) is 3.73. The minimum absolute atomic E-state index is 0.0109. The van der Waals surface area contributed by atoms with Crippen LogP contribution in [0.3, 0.4) is 0 Å². The number of nitrogens with one attached hydrogen (secondary N) is 1. The summed E-state index contributed by atoms with van der Waals surface area (Å²) < 4.78 is 10.2. The van der Waals surface area contributed by atoms with Crippen LogP contribution in [0, 0.1) is 12.8 Å².